The summed E-state index contributed by atoms with van der Waals surface area (Å²) in [7, 11) is 1.91. The highest BCUT2D eigenvalue weighted by atomic mass is 127. The third kappa shape index (κ3) is 8.13. The number of nitrogens with zero attached hydrogens (tertiary/aromatic N) is 4. The minimum absolute atomic E-state index is 0. The third-order valence-corrected chi connectivity index (χ3v) is 4.76. The van der Waals surface area contributed by atoms with Crippen molar-refractivity contribution in [3.63, 3.8) is 0 Å². The van der Waals surface area contributed by atoms with Crippen LogP contribution in [0.1, 0.15) is 54.0 Å². The van der Waals surface area contributed by atoms with Crippen LogP contribution in [0, 0.1) is 0 Å². The molecule has 1 fully saturated rings. The average molecular weight is 550 g/mol. The van der Waals surface area contributed by atoms with Crippen LogP contribution in [0.2, 0.25) is 0 Å². The van der Waals surface area contributed by atoms with Crippen molar-refractivity contribution in [2.75, 3.05) is 19.6 Å². The number of aliphatic imine (C=N–C) groups is 1. The summed E-state index contributed by atoms with van der Waals surface area (Å²) >= 11 is 0. The van der Waals surface area contributed by atoms with Crippen LogP contribution in [0.3, 0.4) is 0 Å². The zero-order chi connectivity index (χ0) is 22.5. The predicted octanol–water partition coefficient (Wildman–Crippen LogP) is 2.90. The molecule has 9 nitrogen and oxygen atoms in total. The molecule has 10 heteroatoms. The van der Waals surface area contributed by atoms with E-state index in [4.69, 9.17) is 14.5 Å². The van der Waals surface area contributed by atoms with Crippen molar-refractivity contribution < 1.29 is 14.3 Å². The second-order valence-electron chi connectivity index (χ2n) is 9.11. The number of hydrogen-bond donors (Lipinski definition) is 2. The summed E-state index contributed by atoms with van der Waals surface area (Å²) in [6, 6.07) is -0.219. The first-order valence-corrected chi connectivity index (χ1v) is 10.6. The Morgan fingerprint density at radius 1 is 1.35 bits per heavy atom. The Morgan fingerprint density at radius 2 is 2.03 bits per heavy atom. The molecule has 0 spiro atoms. The predicted molar refractivity (Wildman–Crippen MR) is 133 cm³/mol. The summed E-state index contributed by atoms with van der Waals surface area (Å²) < 4.78 is 13.5. The van der Waals surface area contributed by atoms with Crippen molar-refractivity contribution in [3.05, 3.63) is 18.0 Å². The number of amides is 1. The fourth-order valence-electron chi connectivity index (χ4n) is 3.55. The maximum absolute atomic E-state index is 12.9. The van der Waals surface area contributed by atoms with E-state index < -0.39 is 11.3 Å². The smallest absolute Gasteiger partial charge is 0.412 e. The summed E-state index contributed by atoms with van der Waals surface area (Å²) in [5, 5.41) is 10.8. The first-order chi connectivity index (χ1) is 13.9. The maximum Gasteiger partial charge on any atom is 0.412 e. The van der Waals surface area contributed by atoms with Gasteiger partial charge in [-0.15, -0.1) is 24.0 Å². The van der Waals surface area contributed by atoms with Crippen molar-refractivity contribution in [2.45, 2.75) is 78.4 Å². The molecule has 2 atom stereocenters. The second-order valence-corrected chi connectivity index (χ2v) is 9.11. The number of ether oxygens (including phenoxy) is 2. The van der Waals surface area contributed by atoms with Gasteiger partial charge >= 0.3 is 6.09 Å². The molecule has 0 saturated carbocycles. The van der Waals surface area contributed by atoms with Crippen molar-refractivity contribution in [3.8, 4) is 0 Å². The van der Waals surface area contributed by atoms with E-state index in [0.717, 1.165) is 25.1 Å². The molecule has 0 aliphatic carbocycles. The number of halogens is 1. The fourth-order valence-corrected chi connectivity index (χ4v) is 3.55. The summed E-state index contributed by atoms with van der Waals surface area (Å²) in [6.45, 7) is 15.2. The molecule has 0 radical (unpaired) electrons. The Kier molecular flexibility index (Phi) is 10.1. The lowest BCUT2D eigenvalue weighted by atomic mass is 10.1. The molecule has 1 aliphatic heterocycles. The van der Waals surface area contributed by atoms with E-state index in [1.807, 2.05) is 67.9 Å². The van der Waals surface area contributed by atoms with Crippen molar-refractivity contribution in [1.82, 2.24) is 25.3 Å². The van der Waals surface area contributed by atoms with E-state index in [0.29, 0.717) is 12.5 Å². The molecule has 1 aromatic heterocycles. The topological polar surface area (TPSA) is 93.0 Å². The molecule has 1 aliphatic rings. The van der Waals surface area contributed by atoms with Crippen LogP contribution >= 0.6 is 24.0 Å². The lowest BCUT2D eigenvalue weighted by Crippen LogP contribution is -2.51. The Morgan fingerprint density at radius 3 is 2.58 bits per heavy atom. The van der Waals surface area contributed by atoms with Gasteiger partial charge < -0.3 is 20.1 Å². The van der Waals surface area contributed by atoms with Gasteiger partial charge in [-0.05, 0) is 60.5 Å². The molecule has 0 bridgehead atoms. The normalized spacial score (nSPS) is 20.9. The van der Waals surface area contributed by atoms with Gasteiger partial charge in [0.2, 0.25) is 0 Å². The quantitative estimate of drug-likeness (QED) is 0.322. The minimum atomic E-state index is -0.756. The van der Waals surface area contributed by atoms with Crippen molar-refractivity contribution >= 4 is 36.0 Å². The van der Waals surface area contributed by atoms with E-state index >= 15 is 0 Å². The number of nitrogens with one attached hydrogen (secondary N) is 2. The first-order valence-electron chi connectivity index (χ1n) is 10.6. The first kappa shape index (κ1) is 27.5. The number of carbonyl (C=O) groups excluding carboxylic acids is 1. The molecular formula is C21H39IN6O3. The van der Waals surface area contributed by atoms with Gasteiger partial charge in [-0.2, -0.15) is 5.10 Å². The Hall–Kier alpha value is -1.56. The van der Waals surface area contributed by atoms with E-state index in [2.05, 4.69) is 15.7 Å². The summed E-state index contributed by atoms with van der Waals surface area (Å²) in [5.74, 6) is 0.711. The molecule has 2 unspecified atom stereocenters. The molecule has 0 aromatic carbocycles. The lowest BCUT2D eigenvalue weighted by molar-refractivity contribution is -0.0755. The standard InChI is InChI=1S/C21H38N6O3.HI/c1-9-22-18(23-11-10-16-12-25-26(8)14-16)24-13-17-15(2)29-21(6,7)27(17)19(28)30-20(3,4)5;/h12,14-15,17H,9-11,13H2,1-8H3,(H2,22,23,24);1H. The number of hydrogen-bond acceptors (Lipinski definition) is 5. The monoisotopic (exact) mass is 550 g/mol. The highest BCUT2D eigenvalue weighted by Gasteiger charge is 2.49. The summed E-state index contributed by atoms with van der Waals surface area (Å²) in [4.78, 5) is 19.3. The summed E-state index contributed by atoms with van der Waals surface area (Å²) in [6.07, 6.45) is 4.17. The van der Waals surface area contributed by atoms with Gasteiger partial charge in [0.05, 0.1) is 24.9 Å². The van der Waals surface area contributed by atoms with Gasteiger partial charge in [0.25, 0.3) is 0 Å². The SMILES string of the molecule is CCNC(=NCC1C(C)OC(C)(C)N1C(=O)OC(C)(C)C)NCCc1cnn(C)c1.I. The lowest BCUT2D eigenvalue weighted by Gasteiger charge is -2.34. The van der Waals surface area contributed by atoms with E-state index in [1.54, 1.807) is 9.58 Å². The molecular weight excluding hydrogens is 511 g/mol. The van der Waals surface area contributed by atoms with Gasteiger partial charge in [0, 0.05) is 26.3 Å². The molecule has 1 saturated heterocycles. The second kappa shape index (κ2) is 11.3. The highest BCUT2D eigenvalue weighted by Crippen LogP contribution is 2.33. The van der Waals surface area contributed by atoms with Crippen molar-refractivity contribution in [1.29, 1.82) is 0 Å². The largest absolute Gasteiger partial charge is 0.444 e. The fraction of sp³-hybridized carbons (Fsp3) is 0.762. The number of carbonyl (C=O) groups is 1. The maximum atomic E-state index is 12.9. The molecule has 31 heavy (non-hydrogen) atoms. The van der Waals surface area contributed by atoms with E-state index in [9.17, 15) is 4.79 Å². The number of aryl methyl sites for hydroxylation is 1. The Bertz CT molecular complexity index is 744. The summed E-state index contributed by atoms with van der Waals surface area (Å²) in [5.41, 5.74) is -0.166. The minimum Gasteiger partial charge on any atom is -0.444 e. The van der Waals surface area contributed by atoms with Crippen LogP contribution in [0.25, 0.3) is 0 Å². The van der Waals surface area contributed by atoms with Gasteiger partial charge in [-0.25, -0.2) is 4.79 Å². The highest BCUT2D eigenvalue weighted by molar-refractivity contribution is 14.0. The number of rotatable bonds is 6. The third-order valence-electron chi connectivity index (χ3n) is 4.76. The van der Waals surface area contributed by atoms with E-state index in [-0.39, 0.29) is 42.2 Å². The number of guanidine groups is 1. The molecule has 2 N–H and O–H groups in total. The Labute approximate surface area is 203 Å². The van der Waals surface area contributed by atoms with Gasteiger partial charge in [-0.3, -0.25) is 14.6 Å². The van der Waals surface area contributed by atoms with Gasteiger partial charge in [0.15, 0.2) is 5.96 Å². The molecule has 2 heterocycles. The van der Waals surface area contributed by atoms with Crippen LogP contribution in [0.15, 0.2) is 17.4 Å². The van der Waals surface area contributed by atoms with Crippen LogP contribution in [0.5, 0.6) is 0 Å². The van der Waals surface area contributed by atoms with Gasteiger partial charge in [-0.1, -0.05) is 0 Å². The van der Waals surface area contributed by atoms with Crippen LogP contribution in [0.4, 0.5) is 4.79 Å². The molecule has 1 aromatic rings. The van der Waals surface area contributed by atoms with Crippen LogP contribution in [-0.2, 0) is 22.9 Å². The number of aromatic nitrogens is 2. The van der Waals surface area contributed by atoms with Crippen LogP contribution in [-0.4, -0.2) is 69.8 Å². The Balaban J connectivity index is 0.00000480. The molecule has 2 rings (SSSR count). The van der Waals surface area contributed by atoms with Crippen LogP contribution < -0.4 is 10.6 Å². The van der Waals surface area contributed by atoms with Crippen molar-refractivity contribution in [2.24, 2.45) is 12.0 Å². The van der Waals surface area contributed by atoms with Gasteiger partial charge in [0.1, 0.15) is 11.3 Å². The van der Waals surface area contributed by atoms with E-state index in [1.165, 1.54) is 0 Å². The molecule has 1 amide bonds. The average Bonchev–Trinajstić information content (AvgIpc) is 3.10. The zero-order valence-corrected chi connectivity index (χ0v) is 22.4. The molecule has 178 valence electrons. The zero-order valence-electron chi connectivity index (χ0n) is 20.1.